The van der Waals surface area contributed by atoms with E-state index in [1.807, 2.05) is 0 Å². The zero-order chi connectivity index (χ0) is 9.89. The maximum atomic E-state index is 8.95. The normalized spacial score (nSPS) is 22.0. The Kier molecular flexibility index (Phi) is 4.61. The Bertz CT molecular complexity index is 111. The van der Waals surface area contributed by atoms with Crippen molar-refractivity contribution in [3.05, 3.63) is 0 Å². The largest absolute Gasteiger partial charge is 0.391 e. The van der Waals surface area contributed by atoms with Gasteiger partial charge in [0.15, 0.2) is 6.29 Å². The topological polar surface area (TPSA) is 121 Å². The summed E-state index contributed by atoms with van der Waals surface area (Å²) in [5.41, 5.74) is 0. The van der Waals surface area contributed by atoms with E-state index in [0.29, 0.717) is 0 Å². The molecule has 0 aliphatic heterocycles. The van der Waals surface area contributed by atoms with Crippen molar-refractivity contribution < 1.29 is 30.6 Å². The van der Waals surface area contributed by atoms with Crippen molar-refractivity contribution in [1.29, 1.82) is 0 Å². The fraction of sp³-hybridized carbons (Fsp3) is 1.00. The minimum Gasteiger partial charge on any atom is -0.391 e. The van der Waals surface area contributed by atoms with Crippen LogP contribution in [0.2, 0.25) is 0 Å². The van der Waals surface area contributed by atoms with Crippen LogP contribution in [0.3, 0.4) is 0 Å². The number of aliphatic hydroxyl groups excluding tert-OH is 5. The fourth-order valence-electron chi connectivity index (χ4n) is 0.664. The van der Waals surface area contributed by atoms with E-state index in [1.165, 1.54) is 6.92 Å². The Morgan fingerprint density at radius 2 is 1.08 bits per heavy atom. The van der Waals surface area contributed by atoms with Crippen LogP contribution in [0.1, 0.15) is 6.92 Å². The molecule has 0 amide bonds. The van der Waals surface area contributed by atoms with Crippen LogP contribution in [0, 0.1) is 0 Å². The molecule has 74 valence electrons. The van der Waals surface area contributed by atoms with Gasteiger partial charge in [0.05, 0.1) is 6.10 Å². The van der Waals surface area contributed by atoms with E-state index in [4.69, 9.17) is 30.6 Å². The molecular formula is C6H14O6. The summed E-state index contributed by atoms with van der Waals surface area (Å²) in [5.74, 6) is 0. The highest BCUT2D eigenvalue weighted by atomic mass is 16.5. The molecule has 0 aliphatic rings. The van der Waals surface area contributed by atoms with Gasteiger partial charge in [0.25, 0.3) is 0 Å². The Balaban J connectivity index is 4.08. The van der Waals surface area contributed by atoms with E-state index < -0.39 is 30.7 Å². The molecule has 12 heavy (non-hydrogen) atoms. The lowest BCUT2D eigenvalue weighted by Gasteiger charge is -2.25. The molecule has 0 aromatic carbocycles. The molecule has 0 aromatic heterocycles. The highest BCUT2D eigenvalue weighted by molar-refractivity contribution is 4.79. The van der Waals surface area contributed by atoms with Gasteiger partial charge >= 0.3 is 0 Å². The zero-order valence-corrected chi connectivity index (χ0v) is 6.57. The second-order valence-corrected chi connectivity index (χ2v) is 2.63. The smallest absolute Gasteiger partial charge is 0.180 e. The van der Waals surface area contributed by atoms with Gasteiger partial charge in [-0.15, -0.1) is 0 Å². The molecule has 0 radical (unpaired) electrons. The van der Waals surface area contributed by atoms with E-state index in [2.05, 4.69) is 0 Å². The Labute approximate surface area is 69.3 Å². The molecule has 0 aromatic rings. The lowest BCUT2D eigenvalue weighted by molar-refractivity contribution is -0.187. The average Bonchev–Trinajstić information content (AvgIpc) is 2.00. The van der Waals surface area contributed by atoms with Crippen LogP contribution in [0.4, 0.5) is 0 Å². The number of hydrogen-bond donors (Lipinski definition) is 6. The van der Waals surface area contributed by atoms with Gasteiger partial charge in [-0.1, -0.05) is 0 Å². The molecule has 0 saturated heterocycles. The number of hydrogen-bond acceptors (Lipinski definition) is 6. The number of rotatable bonds is 4. The molecular weight excluding hydrogens is 168 g/mol. The van der Waals surface area contributed by atoms with Crippen molar-refractivity contribution in [1.82, 2.24) is 0 Å². The summed E-state index contributed by atoms with van der Waals surface area (Å²) in [7, 11) is 0. The monoisotopic (exact) mass is 182 g/mol. The molecule has 6 N–H and O–H groups in total. The van der Waals surface area contributed by atoms with Crippen molar-refractivity contribution in [2.24, 2.45) is 0 Å². The molecule has 0 aliphatic carbocycles. The van der Waals surface area contributed by atoms with Crippen LogP contribution < -0.4 is 0 Å². The quantitative estimate of drug-likeness (QED) is 0.254. The molecule has 0 bridgehead atoms. The predicted octanol–water partition coefficient (Wildman–Crippen LogP) is -3.24. The maximum Gasteiger partial charge on any atom is 0.180 e. The van der Waals surface area contributed by atoms with Crippen LogP contribution in [0.25, 0.3) is 0 Å². The summed E-state index contributed by atoms with van der Waals surface area (Å²) in [5, 5.41) is 52.2. The lowest BCUT2D eigenvalue weighted by atomic mass is 10.0. The van der Waals surface area contributed by atoms with Gasteiger partial charge in [0.1, 0.15) is 18.3 Å². The predicted molar refractivity (Wildman–Crippen MR) is 37.9 cm³/mol. The summed E-state index contributed by atoms with van der Waals surface area (Å²) >= 11 is 0. The third-order valence-electron chi connectivity index (χ3n) is 1.50. The van der Waals surface area contributed by atoms with Crippen LogP contribution >= 0.6 is 0 Å². The summed E-state index contributed by atoms with van der Waals surface area (Å²) in [6.07, 6.45) is -8.69. The SMILES string of the molecule is CC(O)C(O)C(O)C(O)C(O)O. The van der Waals surface area contributed by atoms with E-state index >= 15 is 0 Å². The molecule has 0 saturated carbocycles. The van der Waals surface area contributed by atoms with E-state index in [9.17, 15) is 0 Å². The lowest BCUT2D eigenvalue weighted by Crippen LogP contribution is -2.48. The Morgan fingerprint density at radius 3 is 1.33 bits per heavy atom. The zero-order valence-electron chi connectivity index (χ0n) is 6.57. The first-order valence-corrected chi connectivity index (χ1v) is 3.46. The minimum atomic E-state index is -2.15. The molecule has 0 fully saturated rings. The van der Waals surface area contributed by atoms with Gasteiger partial charge in [0.2, 0.25) is 0 Å². The van der Waals surface area contributed by atoms with Crippen molar-refractivity contribution >= 4 is 0 Å². The van der Waals surface area contributed by atoms with Crippen LogP contribution in [-0.2, 0) is 0 Å². The second kappa shape index (κ2) is 4.70. The minimum absolute atomic E-state index is 1.20. The molecule has 4 unspecified atom stereocenters. The van der Waals surface area contributed by atoms with E-state index in [0.717, 1.165) is 0 Å². The van der Waals surface area contributed by atoms with Crippen molar-refractivity contribution in [2.45, 2.75) is 37.6 Å². The van der Waals surface area contributed by atoms with Gasteiger partial charge in [0, 0.05) is 0 Å². The second-order valence-electron chi connectivity index (χ2n) is 2.63. The number of aliphatic hydroxyl groups is 6. The summed E-state index contributed by atoms with van der Waals surface area (Å²) in [6.45, 7) is 1.20. The Hall–Kier alpha value is -0.240. The van der Waals surface area contributed by atoms with Crippen molar-refractivity contribution in [3.63, 3.8) is 0 Å². The van der Waals surface area contributed by atoms with Crippen molar-refractivity contribution in [3.8, 4) is 0 Å². The molecule has 0 rings (SSSR count). The average molecular weight is 182 g/mol. The van der Waals surface area contributed by atoms with Gasteiger partial charge in [-0.3, -0.25) is 0 Å². The summed E-state index contributed by atoms with van der Waals surface area (Å²) in [4.78, 5) is 0. The van der Waals surface area contributed by atoms with Crippen LogP contribution in [-0.4, -0.2) is 61.3 Å². The van der Waals surface area contributed by atoms with E-state index in [-0.39, 0.29) is 0 Å². The third kappa shape index (κ3) is 3.02. The highest BCUT2D eigenvalue weighted by Crippen LogP contribution is 2.06. The third-order valence-corrected chi connectivity index (χ3v) is 1.50. The first-order valence-electron chi connectivity index (χ1n) is 3.46. The van der Waals surface area contributed by atoms with Gasteiger partial charge in [-0.25, -0.2) is 0 Å². The first-order chi connectivity index (χ1) is 5.37. The highest BCUT2D eigenvalue weighted by Gasteiger charge is 2.31. The van der Waals surface area contributed by atoms with Crippen molar-refractivity contribution in [2.75, 3.05) is 0 Å². The molecule has 0 spiro atoms. The molecule has 6 nitrogen and oxygen atoms in total. The van der Waals surface area contributed by atoms with Crippen LogP contribution in [0.15, 0.2) is 0 Å². The molecule has 0 heterocycles. The molecule has 6 heteroatoms. The maximum absolute atomic E-state index is 8.95. The fourth-order valence-corrected chi connectivity index (χ4v) is 0.664. The molecule has 4 atom stereocenters. The summed E-state index contributed by atoms with van der Waals surface area (Å²) < 4.78 is 0. The summed E-state index contributed by atoms with van der Waals surface area (Å²) in [6, 6.07) is 0. The first kappa shape index (κ1) is 11.8. The standard InChI is InChI=1S/C6H14O6/c1-2(7)3(8)4(9)5(10)6(11)12/h2-12H,1H3. The van der Waals surface area contributed by atoms with E-state index in [1.54, 1.807) is 0 Å². The van der Waals surface area contributed by atoms with Gasteiger partial charge < -0.3 is 30.6 Å². The van der Waals surface area contributed by atoms with Gasteiger partial charge in [-0.05, 0) is 6.92 Å². The Morgan fingerprint density at radius 1 is 0.667 bits per heavy atom. The van der Waals surface area contributed by atoms with Crippen LogP contribution in [0.5, 0.6) is 0 Å². The van der Waals surface area contributed by atoms with Gasteiger partial charge in [-0.2, -0.15) is 0 Å².